The van der Waals surface area contributed by atoms with Crippen LogP contribution in [0.1, 0.15) is 58.4 Å². The SMILES string of the molecule is C=C1C(OC(=O)C=Cc2ccc(O)c(O)c2)=CC(=O)C2C1CCC1C(C)(C)CCCC21C. The van der Waals surface area contributed by atoms with Crippen LogP contribution in [-0.2, 0) is 14.3 Å². The Bertz CT molecular complexity index is 1030. The first-order chi connectivity index (χ1) is 15.0. The number of fused-ring (bicyclic) bond motifs is 3. The summed E-state index contributed by atoms with van der Waals surface area (Å²) in [4.78, 5) is 25.7. The lowest BCUT2D eigenvalue weighted by atomic mass is 9.44. The molecule has 5 nitrogen and oxygen atoms in total. The van der Waals surface area contributed by atoms with E-state index in [1.807, 2.05) is 0 Å². The number of esters is 1. The van der Waals surface area contributed by atoms with Crippen molar-refractivity contribution >= 4 is 17.8 Å². The lowest BCUT2D eigenvalue weighted by molar-refractivity contribution is -0.141. The van der Waals surface area contributed by atoms with Crippen LogP contribution < -0.4 is 0 Å². The van der Waals surface area contributed by atoms with Gasteiger partial charge in [-0.3, -0.25) is 4.79 Å². The molecule has 32 heavy (non-hydrogen) atoms. The van der Waals surface area contributed by atoms with Crippen molar-refractivity contribution in [2.24, 2.45) is 28.6 Å². The highest BCUT2D eigenvalue weighted by Gasteiger charge is 2.58. The standard InChI is InChI=1S/C27H32O5/c1-16-18-8-10-23-26(2,3)12-5-13-27(23,4)25(18)21(30)15-22(16)32-24(31)11-7-17-6-9-19(28)20(29)14-17/h6-7,9,11,14-15,18,23,25,28-29H,1,5,8,10,12-13H2,2-4H3. The summed E-state index contributed by atoms with van der Waals surface area (Å²) in [5, 5.41) is 19.0. The van der Waals surface area contributed by atoms with Gasteiger partial charge in [-0.2, -0.15) is 0 Å². The van der Waals surface area contributed by atoms with Gasteiger partial charge in [0.05, 0.1) is 0 Å². The van der Waals surface area contributed by atoms with E-state index in [1.54, 1.807) is 6.07 Å². The third-order valence-corrected chi connectivity index (χ3v) is 8.12. The third-order valence-electron chi connectivity index (χ3n) is 8.12. The summed E-state index contributed by atoms with van der Waals surface area (Å²) in [5.74, 6) is -0.408. The molecule has 0 saturated heterocycles. The second-order valence-corrected chi connectivity index (χ2v) is 10.5. The zero-order valence-corrected chi connectivity index (χ0v) is 19.1. The van der Waals surface area contributed by atoms with Crippen molar-refractivity contribution in [3.8, 4) is 11.5 Å². The van der Waals surface area contributed by atoms with Crippen molar-refractivity contribution in [3.05, 3.63) is 53.8 Å². The van der Waals surface area contributed by atoms with E-state index in [-0.39, 0.29) is 45.7 Å². The zero-order chi connectivity index (χ0) is 23.3. The van der Waals surface area contributed by atoms with E-state index >= 15 is 0 Å². The average Bonchev–Trinajstić information content (AvgIpc) is 2.71. The Hall–Kier alpha value is -2.82. The van der Waals surface area contributed by atoms with E-state index in [9.17, 15) is 19.8 Å². The summed E-state index contributed by atoms with van der Waals surface area (Å²) in [7, 11) is 0. The molecule has 0 bridgehead atoms. The summed E-state index contributed by atoms with van der Waals surface area (Å²) >= 11 is 0. The van der Waals surface area contributed by atoms with Crippen molar-refractivity contribution in [2.75, 3.05) is 0 Å². The summed E-state index contributed by atoms with van der Waals surface area (Å²) in [6.07, 6.45) is 9.50. The molecule has 170 valence electrons. The number of phenols is 2. The van der Waals surface area contributed by atoms with Crippen LogP contribution in [0.25, 0.3) is 6.08 Å². The Morgan fingerprint density at radius 3 is 2.62 bits per heavy atom. The van der Waals surface area contributed by atoms with E-state index in [0.717, 1.165) is 31.3 Å². The lowest BCUT2D eigenvalue weighted by Crippen LogP contribution is -2.55. The minimum Gasteiger partial charge on any atom is -0.504 e. The van der Waals surface area contributed by atoms with E-state index in [1.165, 1.54) is 36.8 Å². The normalized spacial score (nSPS) is 31.6. The van der Waals surface area contributed by atoms with Crippen LogP contribution in [0.5, 0.6) is 11.5 Å². The number of rotatable bonds is 3. The number of ether oxygens (including phenoxy) is 1. The van der Waals surface area contributed by atoms with Crippen LogP contribution in [0, 0.1) is 28.6 Å². The zero-order valence-electron chi connectivity index (χ0n) is 19.1. The van der Waals surface area contributed by atoms with Gasteiger partial charge in [0, 0.05) is 18.1 Å². The minimum absolute atomic E-state index is 0.00322. The molecule has 3 aliphatic rings. The Morgan fingerprint density at radius 1 is 1.16 bits per heavy atom. The summed E-state index contributed by atoms with van der Waals surface area (Å²) < 4.78 is 5.51. The van der Waals surface area contributed by atoms with Crippen LogP contribution in [0.15, 0.2) is 48.3 Å². The smallest absolute Gasteiger partial charge is 0.336 e. The van der Waals surface area contributed by atoms with Crippen molar-refractivity contribution < 1.29 is 24.5 Å². The maximum atomic E-state index is 13.3. The molecule has 4 unspecified atom stereocenters. The topological polar surface area (TPSA) is 83.8 Å². The maximum absolute atomic E-state index is 13.3. The van der Waals surface area contributed by atoms with Gasteiger partial charge in [0.25, 0.3) is 0 Å². The minimum atomic E-state index is -0.616. The third kappa shape index (κ3) is 3.78. The monoisotopic (exact) mass is 436 g/mol. The second-order valence-electron chi connectivity index (χ2n) is 10.5. The predicted molar refractivity (Wildman–Crippen MR) is 123 cm³/mol. The molecule has 0 radical (unpaired) electrons. The number of benzene rings is 1. The molecule has 0 spiro atoms. The Labute approximate surface area is 189 Å². The maximum Gasteiger partial charge on any atom is 0.336 e. The molecule has 5 heteroatoms. The van der Waals surface area contributed by atoms with Crippen LogP contribution in [0.3, 0.4) is 0 Å². The fourth-order valence-electron chi connectivity index (χ4n) is 6.67. The van der Waals surface area contributed by atoms with E-state index in [0.29, 0.717) is 11.5 Å². The molecule has 1 aromatic rings. The Kier molecular flexibility index (Phi) is 5.56. The largest absolute Gasteiger partial charge is 0.504 e. The highest BCUT2D eigenvalue weighted by molar-refractivity contribution is 5.97. The fraction of sp³-hybridized carbons (Fsp3) is 0.481. The number of carbonyl (C=O) groups is 2. The van der Waals surface area contributed by atoms with Crippen molar-refractivity contribution in [2.45, 2.75) is 52.9 Å². The van der Waals surface area contributed by atoms with Crippen LogP contribution in [0.2, 0.25) is 0 Å². The molecule has 0 heterocycles. The quantitative estimate of drug-likeness (QED) is 0.369. The first kappa shape index (κ1) is 22.4. The Balaban J connectivity index is 1.53. The highest BCUT2D eigenvalue weighted by atomic mass is 16.5. The number of carbonyl (C=O) groups excluding carboxylic acids is 2. The van der Waals surface area contributed by atoms with E-state index < -0.39 is 5.97 Å². The molecule has 0 aromatic heterocycles. The average molecular weight is 437 g/mol. The Morgan fingerprint density at radius 2 is 1.91 bits per heavy atom. The van der Waals surface area contributed by atoms with Crippen molar-refractivity contribution in [1.82, 2.24) is 0 Å². The number of allylic oxidation sites excluding steroid dienone is 2. The molecule has 3 aliphatic carbocycles. The first-order valence-corrected chi connectivity index (χ1v) is 11.4. The van der Waals surface area contributed by atoms with Gasteiger partial charge in [0.1, 0.15) is 5.76 Å². The molecule has 4 rings (SSSR count). The van der Waals surface area contributed by atoms with E-state index in [2.05, 4.69) is 27.4 Å². The van der Waals surface area contributed by atoms with Gasteiger partial charge in [-0.05, 0) is 77.7 Å². The van der Waals surface area contributed by atoms with Gasteiger partial charge >= 0.3 is 5.97 Å². The second kappa shape index (κ2) is 7.95. The van der Waals surface area contributed by atoms with Gasteiger partial charge < -0.3 is 14.9 Å². The fourth-order valence-corrected chi connectivity index (χ4v) is 6.67. The molecule has 0 aliphatic heterocycles. The van der Waals surface area contributed by atoms with Gasteiger partial charge in [-0.15, -0.1) is 0 Å². The summed E-state index contributed by atoms with van der Waals surface area (Å²) in [6, 6.07) is 4.25. The van der Waals surface area contributed by atoms with Crippen LogP contribution in [-0.4, -0.2) is 22.0 Å². The van der Waals surface area contributed by atoms with Gasteiger partial charge in [0.15, 0.2) is 17.3 Å². The summed E-state index contributed by atoms with van der Waals surface area (Å²) in [6.45, 7) is 11.2. The highest BCUT2D eigenvalue weighted by Crippen LogP contribution is 2.63. The number of aromatic hydroxyl groups is 2. The van der Waals surface area contributed by atoms with Crippen molar-refractivity contribution in [3.63, 3.8) is 0 Å². The number of phenolic OH excluding ortho intramolecular Hbond substituents is 2. The van der Waals surface area contributed by atoms with Gasteiger partial charge in [0.2, 0.25) is 0 Å². The molecule has 2 fully saturated rings. The molecule has 4 atom stereocenters. The molecular formula is C27H32O5. The van der Waals surface area contributed by atoms with Gasteiger partial charge in [-0.1, -0.05) is 39.8 Å². The van der Waals surface area contributed by atoms with Gasteiger partial charge in [-0.25, -0.2) is 4.79 Å². The van der Waals surface area contributed by atoms with E-state index in [4.69, 9.17) is 4.74 Å². The molecule has 0 amide bonds. The lowest BCUT2D eigenvalue weighted by Gasteiger charge is -2.59. The molecule has 2 N–H and O–H groups in total. The predicted octanol–water partition coefficient (Wildman–Crippen LogP) is 5.54. The van der Waals surface area contributed by atoms with Crippen LogP contribution in [0.4, 0.5) is 0 Å². The number of hydrogen-bond acceptors (Lipinski definition) is 5. The molecule has 2 saturated carbocycles. The molecule has 1 aromatic carbocycles. The first-order valence-electron chi connectivity index (χ1n) is 11.4. The number of ketones is 1. The molecular weight excluding hydrogens is 404 g/mol. The van der Waals surface area contributed by atoms with Crippen LogP contribution >= 0.6 is 0 Å². The summed E-state index contributed by atoms with van der Waals surface area (Å²) in [5.41, 5.74) is 1.44. The number of hydrogen-bond donors (Lipinski definition) is 2. The van der Waals surface area contributed by atoms with Crippen molar-refractivity contribution in [1.29, 1.82) is 0 Å².